The first-order chi connectivity index (χ1) is 12.0. The van der Waals surface area contributed by atoms with Crippen LogP contribution in [0.2, 0.25) is 0 Å². The molecule has 0 radical (unpaired) electrons. The summed E-state index contributed by atoms with van der Waals surface area (Å²) in [4.78, 5) is 29.3. The fraction of sp³-hybridized carbons (Fsp3) is 0.176. The molecule has 3 aromatic rings. The molecule has 0 saturated carbocycles. The lowest BCUT2D eigenvalue weighted by Crippen LogP contribution is -2.24. The zero-order chi connectivity index (χ0) is 18.0. The summed E-state index contributed by atoms with van der Waals surface area (Å²) in [7, 11) is 4.96. The highest BCUT2D eigenvalue weighted by molar-refractivity contribution is 5.95. The Balaban J connectivity index is 1.95. The number of imidazole rings is 1. The number of amides is 3. The largest absolute Gasteiger partial charge is 0.345 e. The van der Waals surface area contributed by atoms with Crippen molar-refractivity contribution in [2.24, 2.45) is 0 Å². The first-order valence-corrected chi connectivity index (χ1v) is 7.65. The SMILES string of the molecule is CNC(=O)Nc1cn2nc(-c3cccc(C(=O)N(C)C)c3)ccc2n1. The van der Waals surface area contributed by atoms with Crippen molar-refractivity contribution in [3.05, 3.63) is 48.2 Å². The molecule has 25 heavy (non-hydrogen) atoms. The molecule has 2 N–H and O–H groups in total. The topological polar surface area (TPSA) is 91.6 Å². The Morgan fingerprint density at radius 2 is 1.96 bits per heavy atom. The Morgan fingerprint density at radius 3 is 2.68 bits per heavy atom. The number of hydrogen-bond acceptors (Lipinski definition) is 4. The predicted molar refractivity (Wildman–Crippen MR) is 94.5 cm³/mol. The molecule has 0 aliphatic rings. The number of nitrogens with one attached hydrogen (secondary N) is 2. The quantitative estimate of drug-likeness (QED) is 0.762. The van der Waals surface area contributed by atoms with E-state index in [4.69, 9.17) is 0 Å². The minimum absolute atomic E-state index is 0.0670. The van der Waals surface area contributed by atoms with E-state index in [2.05, 4.69) is 20.7 Å². The number of urea groups is 1. The van der Waals surface area contributed by atoms with Crippen LogP contribution in [0.1, 0.15) is 10.4 Å². The van der Waals surface area contributed by atoms with Gasteiger partial charge in [-0.3, -0.25) is 10.1 Å². The second-order valence-corrected chi connectivity index (χ2v) is 5.63. The van der Waals surface area contributed by atoms with Crippen molar-refractivity contribution in [3.63, 3.8) is 0 Å². The molecule has 0 atom stereocenters. The Morgan fingerprint density at radius 1 is 1.16 bits per heavy atom. The van der Waals surface area contributed by atoms with Crippen LogP contribution >= 0.6 is 0 Å². The smallest absolute Gasteiger partial charge is 0.320 e. The average molecular weight is 338 g/mol. The highest BCUT2D eigenvalue weighted by Gasteiger charge is 2.11. The van der Waals surface area contributed by atoms with Crippen LogP contribution in [0.15, 0.2) is 42.6 Å². The number of aromatic nitrogens is 3. The molecular formula is C17H18N6O2. The van der Waals surface area contributed by atoms with Gasteiger partial charge in [0.1, 0.15) is 0 Å². The number of rotatable bonds is 3. The molecular weight excluding hydrogens is 320 g/mol. The van der Waals surface area contributed by atoms with E-state index in [1.165, 1.54) is 11.9 Å². The van der Waals surface area contributed by atoms with E-state index in [0.29, 0.717) is 22.7 Å². The number of benzene rings is 1. The summed E-state index contributed by atoms with van der Waals surface area (Å²) < 4.78 is 1.58. The first kappa shape index (κ1) is 16.4. The van der Waals surface area contributed by atoms with E-state index in [9.17, 15) is 9.59 Å². The number of nitrogens with zero attached hydrogens (tertiary/aromatic N) is 4. The van der Waals surface area contributed by atoms with Gasteiger partial charge in [0.2, 0.25) is 0 Å². The zero-order valence-electron chi connectivity index (χ0n) is 14.1. The van der Waals surface area contributed by atoms with Gasteiger partial charge in [0.15, 0.2) is 11.5 Å². The van der Waals surface area contributed by atoms with Gasteiger partial charge in [-0.15, -0.1) is 0 Å². The molecule has 0 bridgehead atoms. The van der Waals surface area contributed by atoms with E-state index in [0.717, 1.165) is 5.56 Å². The molecule has 2 aromatic heterocycles. The van der Waals surface area contributed by atoms with Gasteiger partial charge in [-0.2, -0.15) is 5.10 Å². The van der Waals surface area contributed by atoms with Crippen LogP contribution in [0.4, 0.5) is 10.6 Å². The molecule has 1 aromatic carbocycles. The lowest BCUT2D eigenvalue weighted by molar-refractivity contribution is 0.0827. The number of anilines is 1. The summed E-state index contributed by atoms with van der Waals surface area (Å²) in [6.07, 6.45) is 1.63. The summed E-state index contributed by atoms with van der Waals surface area (Å²) in [5.41, 5.74) is 2.72. The number of hydrogen-bond donors (Lipinski definition) is 2. The van der Waals surface area contributed by atoms with Crippen LogP contribution in [0.3, 0.4) is 0 Å². The number of carbonyl (C=O) groups is 2. The highest BCUT2D eigenvalue weighted by Crippen LogP contribution is 2.20. The molecule has 0 unspecified atom stereocenters. The van der Waals surface area contributed by atoms with Crippen LogP contribution in [-0.4, -0.2) is 52.6 Å². The van der Waals surface area contributed by atoms with Crippen molar-refractivity contribution in [1.82, 2.24) is 24.8 Å². The van der Waals surface area contributed by atoms with Gasteiger partial charge in [-0.1, -0.05) is 12.1 Å². The lowest BCUT2D eigenvalue weighted by atomic mass is 10.1. The molecule has 0 spiro atoms. The van der Waals surface area contributed by atoms with E-state index in [1.54, 1.807) is 43.0 Å². The van der Waals surface area contributed by atoms with Crippen molar-refractivity contribution in [2.45, 2.75) is 0 Å². The minimum Gasteiger partial charge on any atom is -0.345 e. The Labute approximate surface area is 144 Å². The van der Waals surface area contributed by atoms with Gasteiger partial charge < -0.3 is 10.2 Å². The van der Waals surface area contributed by atoms with Crippen molar-refractivity contribution >= 4 is 23.4 Å². The van der Waals surface area contributed by atoms with E-state index < -0.39 is 0 Å². The summed E-state index contributed by atoms with van der Waals surface area (Å²) in [5.74, 6) is 0.336. The standard InChI is InChI=1S/C17H18N6O2/c1-18-17(25)20-14-10-23-15(19-14)8-7-13(21-23)11-5-4-6-12(9-11)16(24)22(2)3/h4-10H,1-3H3,(H2,18,20,25). The van der Waals surface area contributed by atoms with Gasteiger partial charge >= 0.3 is 6.03 Å². The third-order valence-electron chi connectivity index (χ3n) is 3.60. The highest BCUT2D eigenvalue weighted by atomic mass is 16.2. The second-order valence-electron chi connectivity index (χ2n) is 5.63. The number of fused-ring (bicyclic) bond motifs is 1. The van der Waals surface area contributed by atoms with Crippen LogP contribution in [-0.2, 0) is 0 Å². The van der Waals surface area contributed by atoms with Gasteiger partial charge in [0, 0.05) is 32.3 Å². The Bertz CT molecular complexity index is 947. The first-order valence-electron chi connectivity index (χ1n) is 7.65. The van der Waals surface area contributed by atoms with E-state index in [1.807, 2.05) is 18.2 Å². The van der Waals surface area contributed by atoms with Gasteiger partial charge in [0.25, 0.3) is 5.91 Å². The molecule has 0 fully saturated rings. The summed E-state index contributed by atoms with van der Waals surface area (Å²) in [6, 6.07) is 10.6. The molecule has 3 rings (SSSR count). The average Bonchev–Trinajstić information content (AvgIpc) is 3.02. The maximum atomic E-state index is 12.1. The maximum Gasteiger partial charge on any atom is 0.320 e. The Hall–Kier alpha value is -3.42. The normalized spacial score (nSPS) is 10.5. The molecule has 128 valence electrons. The predicted octanol–water partition coefficient (Wildman–Crippen LogP) is 1.85. The molecule has 2 heterocycles. The summed E-state index contributed by atoms with van der Waals surface area (Å²) in [6.45, 7) is 0. The maximum absolute atomic E-state index is 12.1. The molecule has 0 aliphatic heterocycles. The van der Waals surface area contributed by atoms with Crippen LogP contribution in [0.25, 0.3) is 16.9 Å². The monoisotopic (exact) mass is 338 g/mol. The lowest BCUT2D eigenvalue weighted by Gasteiger charge is -2.11. The van der Waals surface area contributed by atoms with Crippen molar-refractivity contribution in [3.8, 4) is 11.3 Å². The van der Waals surface area contributed by atoms with Crippen LogP contribution in [0, 0.1) is 0 Å². The third-order valence-corrected chi connectivity index (χ3v) is 3.60. The fourth-order valence-corrected chi connectivity index (χ4v) is 2.34. The molecule has 8 nitrogen and oxygen atoms in total. The van der Waals surface area contributed by atoms with Crippen LogP contribution < -0.4 is 10.6 Å². The summed E-state index contributed by atoms with van der Waals surface area (Å²) >= 11 is 0. The molecule has 8 heteroatoms. The van der Waals surface area contributed by atoms with Crippen molar-refractivity contribution < 1.29 is 9.59 Å². The van der Waals surface area contributed by atoms with Gasteiger partial charge in [0.05, 0.1) is 11.9 Å². The zero-order valence-corrected chi connectivity index (χ0v) is 14.1. The van der Waals surface area contributed by atoms with E-state index >= 15 is 0 Å². The molecule has 0 saturated heterocycles. The van der Waals surface area contributed by atoms with E-state index in [-0.39, 0.29) is 11.9 Å². The van der Waals surface area contributed by atoms with Crippen LogP contribution in [0.5, 0.6) is 0 Å². The summed E-state index contributed by atoms with van der Waals surface area (Å²) in [5, 5.41) is 9.57. The minimum atomic E-state index is -0.349. The van der Waals surface area contributed by atoms with Gasteiger partial charge in [-0.05, 0) is 24.3 Å². The molecule has 3 amide bonds. The van der Waals surface area contributed by atoms with Gasteiger partial charge in [-0.25, -0.2) is 14.3 Å². The Kier molecular flexibility index (Phi) is 4.34. The fourth-order valence-electron chi connectivity index (χ4n) is 2.34. The number of carbonyl (C=O) groups excluding carboxylic acids is 2. The van der Waals surface area contributed by atoms with Crippen molar-refractivity contribution in [2.75, 3.05) is 26.5 Å². The van der Waals surface area contributed by atoms with Crippen molar-refractivity contribution in [1.29, 1.82) is 0 Å². The second kappa shape index (κ2) is 6.60. The molecule has 0 aliphatic carbocycles. The third kappa shape index (κ3) is 3.42.